The molecule has 1 saturated heterocycles. The van der Waals surface area contributed by atoms with Gasteiger partial charge in [0.2, 0.25) is 0 Å². The van der Waals surface area contributed by atoms with Gasteiger partial charge in [0.15, 0.2) is 5.76 Å². The van der Waals surface area contributed by atoms with Gasteiger partial charge in [-0.1, -0.05) is 5.16 Å². The van der Waals surface area contributed by atoms with Crippen molar-refractivity contribution in [1.29, 1.82) is 0 Å². The van der Waals surface area contributed by atoms with Crippen LogP contribution in [0, 0.1) is 13.8 Å². The van der Waals surface area contributed by atoms with Crippen LogP contribution in [-0.2, 0) is 4.74 Å². The smallest absolute Gasteiger partial charge is 0.319 e. The van der Waals surface area contributed by atoms with E-state index in [9.17, 15) is 4.79 Å². The van der Waals surface area contributed by atoms with Gasteiger partial charge in [0.25, 0.3) is 0 Å². The number of hydrogen-bond donors (Lipinski definition) is 2. The van der Waals surface area contributed by atoms with Crippen molar-refractivity contribution in [2.45, 2.75) is 45.8 Å². The molecule has 0 aliphatic carbocycles. The van der Waals surface area contributed by atoms with Crippen LogP contribution in [0.3, 0.4) is 0 Å². The van der Waals surface area contributed by atoms with Crippen LogP contribution in [0.25, 0.3) is 0 Å². The van der Waals surface area contributed by atoms with Crippen molar-refractivity contribution in [3.05, 3.63) is 11.5 Å². The second-order valence-corrected chi connectivity index (χ2v) is 4.64. The second-order valence-electron chi connectivity index (χ2n) is 4.64. The zero-order chi connectivity index (χ0) is 13.1. The minimum Gasteiger partial charge on any atom is -0.376 e. The molecule has 2 atom stereocenters. The molecule has 2 N–H and O–H groups in total. The molecule has 0 spiro atoms. The Hall–Kier alpha value is -1.56. The number of amides is 2. The lowest BCUT2D eigenvalue weighted by Gasteiger charge is -2.20. The summed E-state index contributed by atoms with van der Waals surface area (Å²) in [6, 6.07) is -0.264. The molecule has 18 heavy (non-hydrogen) atoms. The monoisotopic (exact) mass is 253 g/mol. The number of carbonyl (C=O) groups is 1. The van der Waals surface area contributed by atoms with Crippen molar-refractivity contribution < 1.29 is 14.1 Å². The number of nitrogens with zero attached hydrogens (tertiary/aromatic N) is 1. The van der Waals surface area contributed by atoms with Crippen molar-refractivity contribution in [2.75, 3.05) is 11.9 Å². The largest absolute Gasteiger partial charge is 0.376 e. The van der Waals surface area contributed by atoms with E-state index in [0.29, 0.717) is 17.1 Å². The molecule has 2 heterocycles. The van der Waals surface area contributed by atoms with Gasteiger partial charge in [-0.15, -0.1) is 0 Å². The number of carbonyl (C=O) groups excluding carboxylic acids is 1. The molecular formula is C12H19N3O3. The van der Waals surface area contributed by atoms with E-state index in [1.54, 1.807) is 13.8 Å². The first-order chi connectivity index (χ1) is 8.58. The van der Waals surface area contributed by atoms with Crippen molar-refractivity contribution in [1.82, 2.24) is 10.5 Å². The van der Waals surface area contributed by atoms with Crippen LogP contribution in [0.1, 0.15) is 31.2 Å². The predicted molar refractivity (Wildman–Crippen MR) is 66.6 cm³/mol. The summed E-state index contributed by atoms with van der Waals surface area (Å²) in [5.41, 5.74) is 1.31. The Labute approximate surface area is 106 Å². The Morgan fingerprint density at radius 3 is 2.83 bits per heavy atom. The number of aromatic nitrogens is 1. The number of nitrogens with one attached hydrogen (secondary N) is 2. The third kappa shape index (κ3) is 2.81. The van der Waals surface area contributed by atoms with Gasteiger partial charge in [0, 0.05) is 6.61 Å². The molecule has 0 aromatic carbocycles. The average Bonchev–Trinajstić information content (AvgIpc) is 2.94. The fraction of sp³-hybridized carbons (Fsp3) is 0.667. The molecule has 0 bridgehead atoms. The SMILES string of the molecule is Cc1noc(C)c1NC(=O)N[C@H](C)[C@H]1CCCO1. The van der Waals surface area contributed by atoms with Crippen molar-refractivity contribution >= 4 is 11.7 Å². The maximum absolute atomic E-state index is 11.8. The molecule has 100 valence electrons. The molecule has 1 aliphatic rings. The first-order valence-corrected chi connectivity index (χ1v) is 6.20. The fourth-order valence-corrected chi connectivity index (χ4v) is 2.11. The first kappa shape index (κ1) is 12.9. The summed E-state index contributed by atoms with van der Waals surface area (Å²) in [4.78, 5) is 11.8. The lowest BCUT2D eigenvalue weighted by Crippen LogP contribution is -2.43. The maximum Gasteiger partial charge on any atom is 0.319 e. The molecule has 6 nitrogen and oxygen atoms in total. The van der Waals surface area contributed by atoms with Crippen LogP contribution in [0.5, 0.6) is 0 Å². The zero-order valence-corrected chi connectivity index (χ0v) is 10.9. The highest BCUT2D eigenvalue weighted by molar-refractivity contribution is 5.90. The average molecular weight is 253 g/mol. The number of anilines is 1. The second kappa shape index (κ2) is 5.39. The lowest BCUT2D eigenvalue weighted by molar-refractivity contribution is 0.0868. The molecule has 1 aliphatic heterocycles. The third-order valence-electron chi connectivity index (χ3n) is 3.15. The van der Waals surface area contributed by atoms with Gasteiger partial charge in [-0.25, -0.2) is 4.79 Å². The standard InChI is InChI=1S/C12H19N3O3/c1-7(10-5-4-6-17-10)13-12(16)14-11-8(2)15-18-9(11)3/h7,10H,4-6H2,1-3H3,(H2,13,14,16)/t7-,10-/m1/s1. The number of ether oxygens (including phenoxy) is 1. The third-order valence-corrected chi connectivity index (χ3v) is 3.15. The zero-order valence-electron chi connectivity index (χ0n) is 10.9. The normalized spacial score (nSPS) is 20.7. The van der Waals surface area contributed by atoms with E-state index in [4.69, 9.17) is 9.26 Å². The lowest BCUT2D eigenvalue weighted by atomic mass is 10.1. The van der Waals surface area contributed by atoms with Gasteiger partial charge in [-0.2, -0.15) is 0 Å². The van der Waals surface area contributed by atoms with Gasteiger partial charge in [-0.05, 0) is 33.6 Å². The molecular weight excluding hydrogens is 234 g/mol. The van der Waals surface area contributed by atoms with Gasteiger partial charge < -0.3 is 19.9 Å². The van der Waals surface area contributed by atoms with Crippen LogP contribution in [0.2, 0.25) is 0 Å². The highest BCUT2D eigenvalue weighted by atomic mass is 16.5. The minimum atomic E-state index is -0.257. The molecule has 0 saturated carbocycles. The number of rotatable bonds is 3. The minimum absolute atomic E-state index is 0.00651. The van der Waals surface area contributed by atoms with Crippen molar-refractivity contribution in [3.8, 4) is 0 Å². The highest BCUT2D eigenvalue weighted by Gasteiger charge is 2.24. The molecule has 2 rings (SSSR count). The number of aryl methyl sites for hydroxylation is 2. The van der Waals surface area contributed by atoms with Crippen LogP contribution in [0.4, 0.5) is 10.5 Å². The van der Waals surface area contributed by atoms with E-state index in [1.165, 1.54) is 0 Å². The maximum atomic E-state index is 11.8. The van der Waals surface area contributed by atoms with E-state index in [0.717, 1.165) is 19.4 Å². The summed E-state index contributed by atoms with van der Waals surface area (Å²) in [6.45, 7) is 6.28. The Bertz CT molecular complexity index is 405. The summed E-state index contributed by atoms with van der Waals surface area (Å²) >= 11 is 0. The van der Waals surface area contributed by atoms with Gasteiger partial charge >= 0.3 is 6.03 Å². The van der Waals surface area contributed by atoms with Crippen LogP contribution in [-0.4, -0.2) is 29.9 Å². The Morgan fingerprint density at radius 2 is 2.28 bits per heavy atom. The quantitative estimate of drug-likeness (QED) is 0.863. The molecule has 0 radical (unpaired) electrons. The van der Waals surface area contributed by atoms with Gasteiger partial charge in [-0.3, -0.25) is 0 Å². The highest BCUT2D eigenvalue weighted by Crippen LogP contribution is 2.19. The molecule has 0 unspecified atom stereocenters. The summed E-state index contributed by atoms with van der Waals surface area (Å²) in [6.07, 6.45) is 2.16. The molecule has 2 amide bonds. The number of urea groups is 1. The summed E-state index contributed by atoms with van der Waals surface area (Å²) in [5, 5.41) is 9.40. The number of hydrogen-bond acceptors (Lipinski definition) is 4. The topological polar surface area (TPSA) is 76.4 Å². The van der Waals surface area contributed by atoms with Crippen LogP contribution < -0.4 is 10.6 Å². The summed E-state index contributed by atoms with van der Waals surface area (Å²) in [7, 11) is 0. The molecule has 6 heteroatoms. The van der Waals surface area contributed by atoms with Crippen LogP contribution >= 0.6 is 0 Å². The Morgan fingerprint density at radius 1 is 1.50 bits per heavy atom. The van der Waals surface area contributed by atoms with E-state index in [2.05, 4.69) is 15.8 Å². The predicted octanol–water partition coefficient (Wildman–Crippen LogP) is 1.98. The fourth-order valence-electron chi connectivity index (χ4n) is 2.11. The Kier molecular flexibility index (Phi) is 3.86. The van der Waals surface area contributed by atoms with Gasteiger partial charge in [0.1, 0.15) is 11.4 Å². The van der Waals surface area contributed by atoms with E-state index in [-0.39, 0.29) is 18.2 Å². The Balaban J connectivity index is 1.88. The first-order valence-electron chi connectivity index (χ1n) is 6.20. The molecule has 1 aromatic heterocycles. The van der Waals surface area contributed by atoms with Gasteiger partial charge in [0.05, 0.1) is 12.1 Å². The van der Waals surface area contributed by atoms with E-state index >= 15 is 0 Å². The van der Waals surface area contributed by atoms with Crippen molar-refractivity contribution in [3.63, 3.8) is 0 Å². The summed E-state index contributed by atoms with van der Waals surface area (Å²) in [5.74, 6) is 0.604. The van der Waals surface area contributed by atoms with Crippen molar-refractivity contribution in [2.24, 2.45) is 0 Å². The summed E-state index contributed by atoms with van der Waals surface area (Å²) < 4.78 is 10.5. The molecule has 1 aromatic rings. The van der Waals surface area contributed by atoms with E-state index < -0.39 is 0 Å². The van der Waals surface area contributed by atoms with Crippen LogP contribution in [0.15, 0.2) is 4.52 Å². The molecule has 1 fully saturated rings. The van der Waals surface area contributed by atoms with E-state index in [1.807, 2.05) is 6.92 Å².